The number of hydrogen-bond acceptors (Lipinski definition) is 2. The summed E-state index contributed by atoms with van der Waals surface area (Å²) in [6, 6.07) is 0.412. The van der Waals surface area contributed by atoms with Crippen molar-refractivity contribution in [3.63, 3.8) is 0 Å². The molecule has 0 spiro atoms. The Bertz CT molecular complexity index is 300. The molecule has 1 aliphatic heterocycles. The molecule has 1 unspecified atom stereocenters. The molecule has 1 aliphatic carbocycles. The minimum atomic E-state index is -2.60. The van der Waals surface area contributed by atoms with E-state index >= 15 is 0 Å². The van der Waals surface area contributed by atoms with Crippen LogP contribution in [0.5, 0.6) is 0 Å². The zero-order valence-corrected chi connectivity index (χ0v) is 12.5. The Kier molecular flexibility index (Phi) is 5.22. The highest BCUT2D eigenvalue weighted by Gasteiger charge is 2.36. The first-order valence-electron chi connectivity index (χ1n) is 7.02. The molecule has 0 aromatic rings. The zero-order chi connectivity index (χ0) is 13.0. The van der Waals surface area contributed by atoms with Gasteiger partial charge in [0.05, 0.1) is 13.2 Å². The molecule has 1 atom stereocenters. The maximum atomic E-state index is 13.2. The fourth-order valence-corrected chi connectivity index (χ4v) is 5.08. The molecule has 0 aromatic carbocycles. The SMILES string of the molecule is CN(C)P(=O)(NC1CCCCC1)N1CCOCC1. The minimum Gasteiger partial charge on any atom is -0.379 e. The monoisotopic (exact) mass is 275 g/mol. The molecule has 106 valence electrons. The predicted octanol–water partition coefficient (Wildman–Crippen LogP) is 1.91. The van der Waals surface area contributed by atoms with Crippen LogP contribution in [0.1, 0.15) is 32.1 Å². The van der Waals surface area contributed by atoms with Crippen molar-refractivity contribution < 1.29 is 9.30 Å². The molecule has 0 amide bonds. The molecule has 1 N–H and O–H groups in total. The molecular weight excluding hydrogens is 249 g/mol. The van der Waals surface area contributed by atoms with Crippen LogP contribution in [0.3, 0.4) is 0 Å². The number of ether oxygens (including phenoxy) is 1. The van der Waals surface area contributed by atoms with Crippen molar-refractivity contribution in [3.8, 4) is 0 Å². The molecule has 2 aliphatic rings. The first kappa shape index (κ1) is 14.5. The van der Waals surface area contributed by atoms with Gasteiger partial charge >= 0.3 is 0 Å². The van der Waals surface area contributed by atoms with Crippen molar-refractivity contribution in [3.05, 3.63) is 0 Å². The lowest BCUT2D eigenvalue weighted by Gasteiger charge is -2.40. The average Bonchev–Trinajstić information content (AvgIpc) is 2.40. The highest BCUT2D eigenvalue weighted by Crippen LogP contribution is 2.48. The van der Waals surface area contributed by atoms with Gasteiger partial charge < -0.3 is 4.74 Å². The molecule has 1 heterocycles. The average molecular weight is 275 g/mol. The zero-order valence-electron chi connectivity index (χ0n) is 11.6. The number of nitrogens with one attached hydrogen (secondary N) is 1. The van der Waals surface area contributed by atoms with Crippen molar-refractivity contribution in [2.75, 3.05) is 40.4 Å². The molecule has 0 radical (unpaired) electrons. The number of hydrogen-bond donors (Lipinski definition) is 1. The van der Waals surface area contributed by atoms with Crippen molar-refractivity contribution in [1.29, 1.82) is 0 Å². The van der Waals surface area contributed by atoms with E-state index in [1.54, 1.807) is 0 Å². The summed E-state index contributed by atoms with van der Waals surface area (Å²) in [4.78, 5) is 0. The van der Waals surface area contributed by atoms with Crippen LogP contribution in [0.15, 0.2) is 0 Å². The molecular formula is C12H26N3O2P. The normalized spacial score (nSPS) is 27.3. The molecule has 0 bridgehead atoms. The fourth-order valence-electron chi connectivity index (χ4n) is 2.74. The van der Waals surface area contributed by atoms with Gasteiger partial charge in [0, 0.05) is 19.1 Å². The molecule has 18 heavy (non-hydrogen) atoms. The molecule has 1 saturated carbocycles. The second-order valence-electron chi connectivity index (χ2n) is 5.42. The Morgan fingerprint density at radius 3 is 2.33 bits per heavy atom. The number of nitrogens with zero attached hydrogens (tertiary/aromatic N) is 2. The topological polar surface area (TPSA) is 44.8 Å². The first-order valence-corrected chi connectivity index (χ1v) is 8.63. The van der Waals surface area contributed by atoms with Gasteiger partial charge in [-0.3, -0.25) is 4.57 Å². The van der Waals surface area contributed by atoms with Gasteiger partial charge in [-0.25, -0.2) is 14.4 Å². The fraction of sp³-hybridized carbons (Fsp3) is 1.00. The third-order valence-electron chi connectivity index (χ3n) is 3.87. The van der Waals surface area contributed by atoms with Crippen LogP contribution in [-0.2, 0) is 9.30 Å². The van der Waals surface area contributed by atoms with Crippen LogP contribution < -0.4 is 5.09 Å². The van der Waals surface area contributed by atoms with E-state index in [9.17, 15) is 4.57 Å². The summed E-state index contributed by atoms with van der Waals surface area (Å²) >= 11 is 0. The van der Waals surface area contributed by atoms with Crippen molar-refractivity contribution in [2.24, 2.45) is 0 Å². The van der Waals surface area contributed by atoms with Crippen LogP contribution in [0.25, 0.3) is 0 Å². The van der Waals surface area contributed by atoms with Gasteiger partial charge in [0.15, 0.2) is 0 Å². The van der Waals surface area contributed by atoms with E-state index in [4.69, 9.17) is 4.74 Å². The molecule has 2 fully saturated rings. The Labute approximate surface area is 110 Å². The third kappa shape index (κ3) is 3.34. The van der Waals surface area contributed by atoms with Gasteiger partial charge in [0.25, 0.3) is 7.59 Å². The van der Waals surface area contributed by atoms with Gasteiger partial charge in [-0.1, -0.05) is 19.3 Å². The molecule has 2 rings (SSSR count). The smallest absolute Gasteiger partial charge is 0.284 e. The van der Waals surface area contributed by atoms with E-state index in [1.165, 1.54) is 19.3 Å². The predicted molar refractivity (Wildman–Crippen MR) is 73.7 cm³/mol. The summed E-state index contributed by atoms with van der Waals surface area (Å²) in [5.74, 6) is 0. The van der Waals surface area contributed by atoms with E-state index in [1.807, 2.05) is 18.8 Å². The van der Waals surface area contributed by atoms with Crippen LogP contribution in [0, 0.1) is 0 Å². The van der Waals surface area contributed by atoms with Gasteiger partial charge in [-0.2, -0.15) is 0 Å². The highest BCUT2D eigenvalue weighted by atomic mass is 31.2. The second-order valence-corrected chi connectivity index (χ2v) is 8.13. The summed E-state index contributed by atoms with van der Waals surface area (Å²) in [6.07, 6.45) is 6.15. The van der Waals surface area contributed by atoms with Crippen LogP contribution in [0.4, 0.5) is 0 Å². The van der Waals surface area contributed by atoms with E-state index in [0.717, 1.165) is 25.9 Å². The second kappa shape index (κ2) is 6.49. The minimum absolute atomic E-state index is 0.412. The Morgan fingerprint density at radius 2 is 1.78 bits per heavy atom. The summed E-state index contributed by atoms with van der Waals surface area (Å²) < 4.78 is 22.5. The van der Waals surface area contributed by atoms with E-state index < -0.39 is 7.59 Å². The molecule has 0 aromatic heterocycles. The lowest BCUT2D eigenvalue weighted by atomic mass is 9.96. The van der Waals surface area contributed by atoms with Gasteiger partial charge in [-0.05, 0) is 26.9 Å². The summed E-state index contributed by atoms with van der Waals surface area (Å²) in [6.45, 7) is 2.89. The van der Waals surface area contributed by atoms with Crippen molar-refractivity contribution in [1.82, 2.24) is 14.4 Å². The maximum Gasteiger partial charge on any atom is 0.284 e. The van der Waals surface area contributed by atoms with Gasteiger partial charge in [0.1, 0.15) is 0 Å². The summed E-state index contributed by atoms with van der Waals surface area (Å²) in [5.41, 5.74) is 0. The van der Waals surface area contributed by atoms with Crippen LogP contribution >= 0.6 is 7.59 Å². The Morgan fingerprint density at radius 1 is 1.17 bits per heavy atom. The lowest BCUT2D eigenvalue weighted by molar-refractivity contribution is 0.0684. The number of morpholine rings is 1. The Hall–Kier alpha value is 0.0700. The van der Waals surface area contributed by atoms with Crippen molar-refractivity contribution >= 4 is 7.59 Å². The van der Waals surface area contributed by atoms with Crippen LogP contribution in [0.2, 0.25) is 0 Å². The standard InChI is InChI=1S/C12H26N3O2P/c1-14(2)18(16,15-8-10-17-11-9-15)13-12-6-4-3-5-7-12/h12H,3-11H2,1-2H3,(H,13,16). The van der Waals surface area contributed by atoms with E-state index in [0.29, 0.717) is 19.3 Å². The van der Waals surface area contributed by atoms with E-state index in [-0.39, 0.29) is 0 Å². The number of rotatable bonds is 4. The first-order chi connectivity index (χ1) is 8.63. The van der Waals surface area contributed by atoms with E-state index in [2.05, 4.69) is 9.76 Å². The summed E-state index contributed by atoms with van der Waals surface area (Å²) in [7, 11) is 1.22. The van der Waals surface area contributed by atoms with Gasteiger partial charge in [-0.15, -0.1) is 0 Å². The highest BCUT2D eigenvalue weighted by molar-refractivity contribution is 7.56. The summed E-state index contributed by atoms with van der Waals surface area (Å²) in [5, 5.41) is 3.45. The largest absolute Gasteiger partial charge is 0.379 e. The lowest BCUT2D eigenvalue weighted by Crippen LogP contribution is -2.44. The van der Waals surface area contributed by atoms with Crippen molar-refractivity contribution in [2.45, 2.75) is 38.1 Å². The third-order valence-corrected chi connectivity index (χ3v) is 6.82. The molecule has 1 saturated heterocycles. The Balaban J connectivity index is 2.02. The van der Waals surface area contributed by atoms with Crippen LogP contribution in [-0.4, -0.2) is 55.8 Å². The maximum absolute atomic E-state index is 13.2. The quantitative estimate of drug-likeness (QED) is 0.794. The van der Waals surface area contributed by atoms with Gasteiger partial charge in [0.2, 0.25) is 0 Å². The molecule has 6 heteroatoms. The molecule has 5 nitrogen and oxygen atoms in total.